The molecule has 2 nitrogen and oxygen atoms in total. The molecule has 80 valence electrons. The van der Waals surface area contributed by atoms with E-state index in [1.807, 2.05) is 13.0 Å². The Morgan fingerprint density at radius 3 is 2.57 bits per heavy atom. The molecule has 2 heteroatoms. The van der Waals surface area contributed by atoms with E-state index in [1.165, 1.54) is 0 Å². The van der Waals surface area contributed by atoms with E-state index in [9.17, 15) is 5.11 Å². The topological polar surface area (TPSA) is 33.4 Å². The highest BCUT2D eigenvalue weighted by Gasteiger charge is 2.13. The van der Waals surface area contributed by atoms with Gasteiger partial charge in [0.05, 0.1) is 6.26 Å². The maximum absolute atomic E-state index is 9.81. The Bertz CT molecular complexity index is 263. The lowest BCUT2D eigenvalue weighted by molar-refractivity contribution is 0.135. The van der Waals surface area contributed by atoms with Gasteiger partial charge in [0.2, 0.25) is 0 Å². The van der Waals surface area contributed by atoms with Crippen molar-refractivity contribution in [2.45, 2.75) is 46.1 Å². The Labute approximate surface area is 85.9 Å². The van der Waals surface area contributed by atoms with Crippen molar-refractivity contribution < 1.29 is 9.52 Å². The third kappa shape index (κ3) is 3.18. The first-order chi connectivity index (χ1) is 6.61. The van der Waals surface area contributed by atoms with Crippen LogP contribution in [0.3, 0.4) is 0 Å². The minimum absolute atomic E-state index is 0.427. The number of aryl methyl sites for hydroxylation is 1. The van der Waals surface area contributed by atoms with Crippen LogP contribution in [0.1, 0.15) is 50.5 Å². The molecule has 0 saturated carbocycles. The van der Waals surface area contributed by atoms with Gasteiger partial charge in [-0.05, 0) is 30.9 Å². The predicted molar refractivity (Wildman–Crippen MR) is 57.1 cm³/mol. The van der Waals surface area contributed by atoms with E-state index in [0.717, 1.165) is 30.6 Å². The molecule has 1 heterocycles. The van der Waals surface area contributed by atoms with Gasteiger partial charge in [0.25, 0.3) is 0 Å². The molecule has 1 N–H and O–H groups in total. The normalized spacial score (nSPS) is 13.5. The largest absolute Gasteiger partial charge is 0.466 e. The number of furan rings is 1. The SMILES string of the molecule is Cc1ccoc1C(O)CCCC(C)C. The summed E-state index contributed by atoms with van der Waals surface area (Å²) >= 11 is 0. The molecule has 0 amide bonds. The Hall–Kier alpha value is -0.760. The average molecular weight is 196 g/mol. The fourth-order valence-electron chi connectivity index (χ4n) is 1.58. The molecule has 1 aromatic rings. The molecule has 0 bridgehead atoms. The van der Waals surface area contributed by atoms with Gasteiger partial charge in [-0.1, -0.05) is 26.7 Å². The number of hydrogen-bond donors (Lipinski definition) is 1. The van der Waals surface area contributed by atoms with E-state index in [0.29, 0.717) is 5.92 Å². The summed E-state index contributed by atoms with van der Waals surface area (Å²) in [6, 6.07) is 1.89. The lowest BCUT2D eigenvalue weighted by Crippen LogP contribution is -1.98. The van der Waals surface area contributed by atoms with Gasteiger partial charge in [-0.25, -0.2) is 0 Å². The maximum Gasteiger partial charge on any atom is 0.135 e. The van der Waals surface area contributed by atoms with Crippen molar-refractivity contribution in [1.29, 1.82) is 0 Å². The van der Waals surface area contributed by atoms with Crippen LogP contribution in [0.5, 0.6) is 0 Å². The zero-order valence-electron chi connectivity index (χ0n) is 9.29. The second-order valence-electron chi connectivity index (χ2n) is 4.31. The Morgan fingerprint density at radius 2 is 2.07 bits per heavy atom. The van der Waals surface area contributed by atoms with Crippen LogP contribution in [-0.4, -0.2) is 5.11 Å². The summed E-state index contributed by atoms with van der Waals surface area (Å²) in [6.45, 7) is 6.36. The fraction of sp³-hybridized carbons (Fsp3) is 0.667. The molecule has 1 aromatic heterocycles. The van der Waals surface area contributed by atoms with Crippen molar-refractivity contribution in [1.82, 2.24) is 0 Å². The molecule has 1 atom stereocenters. The van der Waals surface area contributed by atoms with E-state index in [-0.39, 0.29) is 0 Å². The summed E-state index contributed by atoms with van der Waals surface area (Å²) in [5.41, 5.74) is 1.04. The quantitative estimate of drug-likeness (QED) is 0.782. The molecule has 0 spiro atoms. The van der Waals surface area contributed by atoms with Crippen LogP contribution >= 0.6 is 0 Å². The first kappa shape index (κ1) is 11.3. The minimum Gasteiger partial charge on any atom is -0.466 e. The van der Waals surface area contributed by atoms with Crippen molar-refractivity contribution in [3.63, 3.8) is 0 Å². The molecule has 0 aliphatic heterocycles. The van der Waals surface area contributed by atoms with Crippen molar-refractivity contribution in [2.24, 2.45) is 5.92 Å². The van der Waals surface area contributed by atoms with Crippen LogP contribution in [0.2, 0.25) is 0 Å². The first-order valence-corrected chi connectivity index (χ1v) is 5.33. The van der Waals surface area contributed by atoms with Crippen molar-refractivity contribution in [2.75, 3.05) is 0 Å². The molecule has 0 aliphatic rings. The zero-order valence-corrected chi connectivity index (χ0v) is 9.29. The second-order valence-corrected chi connectivity index (χ2v) is 4.31. The molecule has 0 saturated heterocycles. The zero-order chi connectivity index (χ0) is 10.6. The number of aliphatic hydroxyl groups excluding tert-OH is 1. The van der Waals surface area contributed by atoms with Crippen LogP contribution in [0.4, 0.5) is 0 Å². The summed E-state index contributed by atoms with van der Waals surface area (Å²) < 4.78 is 5.23. The third-order valence-electron chi connectivity index (χ3n) is 2.46. The highest BCUT2D eigenvalue weighted by molar-refractivity contribution is 5.16. The van der Waals surface area contributed by atoms with E-state index < -0.39 is 6.10 Å². The van der Waals surface area contributed by atoms with Gasteiger partial charge < -0.3 is 9.52 Å². The van der Waals surface area contributed by atoms with Gasteiger partial charge in [-0.15, -0.1) is 0 Å². The Balaban J connectivity index is 2.36. The van der Waals surface area contributed by atoms with Gasteiger partial charge in [-0.2, -0.15) is 0 Å². The molecular formula is C12H20O2. The van der Waals surface area contributed by atoms with Crippen molar-refractivity contribution >= 4 is 0 Å². The number of aliphatic hydroxyl groups is 1. The van der Waals surface area contributed by atoms with Gasteiger partial charge in [0, 0.05) is 0 Å². The standard InChI is InChI=1S/C12H20O2/c1-9(2)5-4-6-11(13)12-10(3)7-8-14-12/h7-9,11,13H,4-6H2,1-3H3. The maximum atomic E-state index is 9.81. The van der Waals surface area contributed by atoms with Gasteiger partial charge in [-0.3, -0.25) is 0 Å². The first-order valence-electron chi connectivity index (χ1n) is 5.33. The van der Waals surface area contributed by atoms with Crippen LogP contribution in [0, 0.1) is 12.8 Å². The van der Waals surface area contributed by atoms with Crippen LogP contribution in [-0.2, 0) is 0 Å². The lowest BCUT2D eigenvalue weighted by Gasteiger charge is -2.09. The lowest BCUT2D eigenvalue weighted by atomic mass is 10.0. The number of rotatable bonds is 5. The third-order valence-corrected chi connectivity index (χ3v) is 2.46. The van der Waals surface area contributed by atoms with Gasteiger partial charge >= 0.3 is 0 Å². The molecule has 14 heavy (non-hydrogen) atoms. The molecule has 0 aliphatic carbocycles. The smallest absolute Gasteiger partial charge is 0.135 e. The Morgan fingerprint density at radius 1 is 1.36 bits per heavy atom. The predicted octanol–water partition coefficient (Wildman–Crippen LogP) is 3.45. The summed E-state index contributed by atoms with van der Waals surface area (Å²) in [5, 5.41) is 9.81. The second kappa shape index (κ2) is 5.20. The summed E-state index contributed by atoms with van der Waals surface area (Å²) in [6.07, 6.45) is 4.22. The molecule has 0 radical (unpaired) electrons. The molecular weight excluding hydrogens is 176 g/mol. The molecule has 0 fully saturated rings. The van der Waals surface area contributed by atoms with Crippen molar-refractivity contribution in [3.05, 3.63) is 23.7 Å². The highest BCUT2D eigenvalue weighted by Crippen LogP contribution is 2.23. The van der Waals surface area contributed by atoms with Crippen LogP contribution in [0.25, 0.3) is 0 Å². The Kier molecular flexibility index (Phi) is 4.21. The molecule has 1 rings (SSSR count). The van der Waals surface area contributed by atoms with E-state index >= 15 is 0 Å². The van der Waals surface area contributed by atoms with Crippen molar-refractivity contribution in [3.8, 4) is 0 Å². The summed E-state index contributed by atoms with van der Waals surface area (Å²) in [5.74, 6) is 1.44. The monoisotopic (exact) mass is 196 g/mol. The summed E-state index contributed by atoms with van der Waals surface area (Å²) in [7, 11) is 0. The summed E-state index contributed by atoms with van der Waals surface area (Å²) in [4.78, 5) is 0. The highest BCUT2D eigenvalue weighted by atomic mass is 16.4. The van der Waals surface area contributed by atoms with Crippen LogP contribution in [0.15, 0.2) is 16.7 Å². The van der Waals surface area contributed by atoms with Gasteiger partial charge in [0.15, 0.2) is 0 Å². The van der Waals surface area contributed by atoms with E-state index in [1.54, 1.807) is 6.26 Å². The van der Waals surface area contributed by atoms with E-state index in [4.69, 9.17) is 4.42 Å². The number of hydrogen-bond acceptors (Lipinski definition) is 2. The molecule has 0 aromatic carbocycles. The van der Waals surface area contributed by atoms with Crippen LogP contribution < -0.4 is 0 Å². The molecule has 1 unspecified atom stereocenters. The fourth-order valence-corrected chi connectivity index (χ4v) is 1.58. The van der Waals surface area contributed by atoms with Gasteiger partial charge in [0.1, 0.15) is 11.9 Å². The average Bonchev–Trinajstić information content (AvgIpc) is 2.50. The minimum atomic E-state index is -0.427. The van der Waals surface area contributed by atoms with E-state index in [2.05, 4.69) is 13.8 Å².